The van der Waals surface area contributed by atoms with E-state index in [1.54, 1.807) is 12.3 Å². The topological polar surface area (TPSA) is 95.9 Å². The Kier molecular flexibility index (Phi) is 6.23. The van der Waals surface area contributed by atoms with Crippen LogP contribution in [0.1, 0.15) is 31.2 Å². The molecule has 0 bridgehead atoms. The van der Waals surface area contributed by atoms with Crippen LogP contribution in [0.4, 0.5) is 24.8 Å². The number of nitrogens with zero attached hydrogens (tertiary/aromatic N) is 5. The van der Waals surface area contributed by atoms with Crippen molar-refractivity contribution in [3.63, 3.8) is 0 Å². The normalized spacial score (nSPS) is 13.8. The molecule has 1 aromatic carbocycles. The Hall–Kier alpha value is -3.60. The summed E-state index contributed by atoms with van der Waals surface area (Å²) < 4.78 is 41.6. The van der Waals surface area contributed by atoms with Gasteiger partial charge in [-0.25, -0.2) is 24.4 Å². The molecule has 1 fully saturated rings. The van der Waals surface area contributed by atoms with E-state index in [9.17, 15) is 18.0 Å². The minimum Gasteiger partial charge on any atom is -0.323 e. The van der Waals surface area contributed by atoms with E-state index in [1.807, 2.05) is 12.1 Å². The molecule has 11 heteroatoms. The lowest BCUT2D eigenvalue weighted by Crippen LogP contribution is -2.28. The van der Waals surface area contributed by atoms with E-state index in [-0.39, 0.29) is 23.4 Å². The maximum atomic E-state index is 14.6. The van der Waals surface area contributed by atoms with Gasteiger partial charge in [-0.1, -0.05) is 6.07 Å². The smallest absolute Gasteiger partial charge is 0.288 e. The summed E-state index contributed by atoms with van der Waals surface area (Å²) >= 11 is 0. The van der Waals surface area contributed by atoms with Crippen LogP contribution in [0.3, 0.4) is 0 Å². The predicted octanol–water partition coefficient (Wildman–Crippen LogP) is 3.79. The Morgan fingerprint density at radius 1 is 1.21 bits per heavy atom. The van der Waals surface area contributed by atoms with Crippen molar-refractivity contribution >= 4 is 17.5 Å². The highest BCUT2D eigenvalue weighted by Gasteiger charge is 2.27. The van der Waals surface area contributed by atoms with E-state index in [2.05, 4.69) is 30.7 Å². The van der Waals surface area contributed by atoms with Crippen LogP contribution in [0.2, 0.25) is 0 Å². The predicted molar refractivity (Wildman–Crippen MR) is 116 cm³/mol. The second-order valence-electron chi connectivity index (χ2n) is 7.92. The van der Waals surface area contributed by atoms with E-state index in [4.69, 9.17) is 0 Å². The fourth-order valence-electron chi connectivity index (χ4n) is 3.11. The van der Waals surface area contributed by atoms with Gasteiger partial charge in [0.15, 0.2) is 0 Å². The Bertz CT molecular complexity index is 1160. The van der Waals surface area contributed by atoms with Gasteiger partial charge in [-0.15, -0.1) is 0 Å². The number of amides is 1. The van der Waals surface area contributed by atoms with Crippen molar-refractivity contribution in [2.45, 2.75) is 38.2 Å². The van der Waals surface area contributed by atoms with Gasteiger partial charge in [0.1, 0.15) is 11.5 Å². The van der Waals surface area contributed by atoms with Crippen molar-refractivity contribution in [3.05, 3.63) is 60.1 Å². The van der Waals surface area contributed by atoms with Crippen molar-refractivity contribution < 1.29 is 18.0 Å². The van der Waals surface area contributed by atoms with Gasteiger partial charge in [0.25, 0.3) is 5.92 Å². The third-order valence-corrected chi connectivity index (χ3v) is 5.05. The first-order valence-corrected chi connectivity index (χ1v) is 10.3. The molecule has 1 aliphatic rings. The average molecular weight is 457 g/mol. The molecule has 0 spiro atoms. The molecule has 8 nitrogen and oxygen atoms in total. The standard InChI is InChI=1S/C22H22F3N7O/c1-22(24,25)19-12-26-11-18(29-19)13-3-6-17(16(23)9-13)30-20(33)10-14-7-8-27-21(28-14)31-32(2)15-4-5-15/h3,6-9,11-12,15H,4-5,10H2,1-2H3,(H,30,33)(H,27,28,31). The number of alkyl halides is 2. The van der Waals surface area contributed by atoms with E-state index < -0.39 is 23.3 Å². The minimum absolute atomic E-state index is 0.0467. The molecule has 1 amide bonds. The van der Waals surface area contributed by atoms with Crippen molar-refractivity contribution in [1.29, 1.82) is 0 Å². The molecule has 0 aliphatic heterocycles. The molecule has 2 heterocycles. The maximum absolute atomic E-state index is 14.6. The summed E-state index contributed by atoms with van der Waals surface area (Å²) in [5, 5.41) is 4.43. The van der Waals surface area contributed by atoms with Gasteiger partial charge in [-0.3, -0.25) is 15.2 Å². The molecule has 3 aromatic rings. The van der Waals surface area contributed by atoms with Gasteiger partial charge < -0.3 is 5.32 Å². The fraction of sp³-hybridized carbons (Fsp3) is 0.318. The number of carbonyl (C=O) groups is 1. The molecular weight excluding hydrogens is 435 g/mol. The summed E-state index contributed by atoms with van der Waals surface area (Å²) in [6, 6.07) is 5.99. The van der Waals surface area contributed by atoms with E-state index in [0.29, 0.717) is 24.6 Å². The lowest BCUT2D eigenvalue weighted by molar-refractivity contribution is -0.115. The number of hydrazine groups is 1. The third kappa shape index (κ3) is 5.80. The summed E-state index contributed by atoms with van der Waals surface area (Å²) in [5.41, 5.74) is 3.34. The number of anilines is 2. The molecular formula is C22H22F3N7O. The van der Waals surface area contributed by atoms with Crippen LogP contribution in [-0.2, 0) is 17.1 Å². The summed E-state index contributed by atoms with van der Waals surface area (Å²) in [6.45, 7) is 0.710. The van der Waals surface area contributed by atoms with Crippen LogP contribution in [0.5, 0.6) is 0 Å². The Balaban J connectivity index is 1.42. The second-order valence-corrected chi connectivity index (χ2v) is 7.92. The summed E-state index contributed by atoms with van der Waals surface area (Å²) in [6.07, 6.45) is 5.92. The number of rotatable bonds is 8. The monoisotopic (exact) mass is 457 g/mol. The van der Waals surface area contributed by atoms with Crippen molar-refractivity contribution in [3.8, 4) is 11.3 Å². The molecule has 4 rings (SSSR count). The molecule has 1 saturated carbocycles. The first kappa shape index (κ1) is 22.6. The Labute approximate surface area is 188 Å². The van der Waals surface area contributed by atoms with Crippen molar-refractivity contribution in [2.75, 3.05) is 17.8 Å². The van der Waals surface area contributed by atoms with Crippen LogP contribution in [-0.4, -0.2) is 43.9 Å². The van der Waals surface area contributed by atoms with Gasteiger partial charge in [-0.05, 0) is 31.0 Å². The molecule has 2 N–H and O–H groups in total. The van der Waals surface area contributed by atoms with Gasteiger partial charge in [-0.2, -0.15) is 8.78 Å². The molecule has 0 saturated heterocycles. The van der Waals surface area contributed by atoms with Gasteiger partial charge >= 0.3 is 0 Å². The molecule has 0 unspecified atom stereocenters. The summed E-state index contributed by atoms with van der Waals surface area (Å²) in [5.74, 6) is -3.98. The highest BCUT2D eigenvalue weighted by molar-refractivity contribution is 5.92. The number of hydrogen-bond acceptors (Lipinski definition) is 7. The van der Waals surface area contributed by atoms with E-state index in [0.717, 1.165) is 25.1 Å². The molecule has 2 aromatic heterocycles. The van der Waals surface area contributed by atoms with Crippen LogP contribution in [0.25, 0.3) is 11.3 Å². The summed E-state index contributed by atoms with van der Waals surface area (Å²) in [7, 11) is 1.91. The van der Waals surface area contributed by atoms with Crippen LogP contribution < -0.4 is 10.7 Å². The van der Waals surface area contributed by atoms with Gasteiger partial charge in [0, 0.05) is 31.8 Å². The molecule has 0 radical (unpaired) electrons. The van der Waals surface area contributed by atoms with Crippen LogP contribution in [0.15, 0.2) is 42.9 Å². The molecule has 172 valence electrons. The largest absolute Gasteiger partial charge is 0.323 e. The molecule has 33 heavy (non-hydrogen) atoms. The van der Waals surface area contributed by atoms with Crippen LogP contribution in [0, 0.1) is 5.82 Å². The highest BCUT2D eigenvalue weighted by Crippen LogP contribution is 2.28. The van der Waals surface area contributed by atoms with Crippen molar-refractivity contribution in [1.82, 2.24) is 24.9 Å². The highest BCUT2D eigenvalue weighted by atomic mass is 19.3. The zero-order chi connectivity index (χ0) is 23.6. The average Bonchev–Trinajstić information content (AvgIpc) is 3.60. The van der Waals surface area contributed by atoms with Crippen LogP contribution >= 0.6 is 0 Å². The number of carbonyl (C=O) groups excluding carboxylic acids is 1. The molecule has 1 aliphatic carbocycles. The first-order chi connectivity index (χ1) is 15.7. The third-order valence-electron chi connectivity index (χ3n) is 5.05. The number of aromatic nitrogens is 4. The SMILES string of the molecule is CN(Nc1nccc(CC(=O)Nc2ccc(-c3cncc(C(C)(F)F)n3)cc2F)n1)C1CC1. The number of benzene rings is 1. The number of nitrogens with one attached hydrogen (secondary N) is 2. The van der Waals surface area contributed by atoms with Gasteiger partial charge in [0.2, 0.25) is 11.9 Å². The lowest BCUT2D eigenvalue weighted by Gasteiger charge is -2.17. The summed E-state index contributed by atoms with van der Waals surface area (Å²) in [4.78, 5) is 28.5. The first-order valence-electron chi connectivity index (χ1n) is 10.3. The zero-order valence-electron chi connectivity index (χ0n) is 18.0. The quantitative estimate of drug-likeness (QED) is 0.497. The molecule has 0 atom stereocenters. The Morgan fingerprint density at radius 2 is 2.00 bits per heavy atom. The minimum atomic E-state index is -3.17. The number of halogens is 3. The Morgan fingerprint density at radius 3 is 2.70 bits per heavy atom. The lowest BCUT2D eigenvalue weighted by atomic mass is 10.1. The maximum Gasteiger partial charge on any atom is 0.288 e. The van der Waals surface area contributed by atoms with E-state index >= 15 is 0 Å². The zero-order valence-corrected chi connectivity index (χ0v) is 18.0. The fourth-order valence-corrected chi connectivity index (χ4v) is 3.11. The van der Waals surface area contributed by atoms with Crippen molar-refractivity contribution in [2.24, 2.45) is 0 Å². The number of hydrogen-bond donors (Lipinski definition) is 2. The second kappa shape index (κ2) is 9.10. The van der Waals surface area contributed by atoms with E-state index in [1.165, 1.54) is 18.3 Å². The van der Waals surface area contributed by atoms with Gasteiger partial charge in [0.05, 0.1) is 35.9 Å².